The smallest absolute Gasteiger partial charge is 0.372 e. The Morgan fingerprint density at radius 2 is 1.64 bits per heavy atom. The number of likely N-dealkylation sites (tertiary alicyclic amines) is 1. The number of amides is 2. The second-order valence-corrected chi connectivity index (χ2v) is 9.69. The van der Waals surface area contributed by atoms with E-state index < -0.39 is 17.8 Å². The number of halogens is 4. The summed E-state index contributed by atoms with van der Waals surface area (Å²) in [4.78, 5) is 32.0. The first kappa shape index (κ1) is 25.6. The zero-order chi connectivity index (χ0) is 24.3. The highest BCUT2D eigenvalue weighted by Gasteiger charge is 2.35. The molecule has 2 fully saturated rings. The van der Waals surface area contributed by atoms with Crippen LogP contribution in [-0.4, -0.2) is 78.9 Å². The molecular formula is C23H32ClF3N4O2. The summed E-state index contributed by atoms with van der Waals surface area (Å²) < 4.78 is 38.8. The summed E-state index contributed by atoms with van der Waals surface area (Å²) in [5.74, 6) is -0.149. The number of likely N-dealkylation sites (N-methyl/N-ethyl adjacent to an activating group) is 1. The van der Waals surface area contributed by atoms with Gasteiger partial charge in [0.05, 0.1) is 16.3 Å². The molecule has 1 N–H and O–H groups in total. The van der Waals surface area contributed by atoms with Crippen molar-refractivity contribution in [2.24, 2.45) is 11.8 Å². The molecule has 10 heteroatoms. The van der Waals surface area contributed by atoms with Crippen LogP contribution in [0.3, 0.4) is 0 Å². The normalized spacial score (nSPS) is 19.6. The molecule has 1 aromatic carbocycles. The Hall–Kier alpha value is -2.00. The number of alkyl halides is 3. The molecule has 2 aliphatic rings. The van der Waals surface area contributed by atoms with Gasteiger partial charge in [0.1, 0.15) is 6.04 Å². The van der Waals surface area contributed by atoms with Crippen molar-refractivity contribution in [2.75, 3.05) is 51.6 Å². The van der Waals surface area contributed by atoms with Gasteiger partial charge in [0.25, 0.3) is 0 Å². The number of benzene rings is 1. The van der Waals surface area contributed by atoms with Gasteiger partial charge in [-0.3, -0.25) is 9.59 Å². The van der Waals surface area contributed by atoms with Crippen LogP contribution >= 0.6 is 11.6 Å². The van der Waals surface area contributed by atoms with Crippen LogP contribution in [0.2, 0.25) is 5.02 Å². The minimum absolute atomic E-state index is 0.0766. The van der Waals surface area contributed by atoms with Gasteiger partial charge in [-0.15, -0.1) is 0 Å². The first-order valence-corrected chi connectivity index (χ1v) is 11.7. The minimum Gasteiger partial charge on any atom is -0.372 e. The van der Waals surface area contributed by atoms with Crippen LogP contribution in [0.15, 0.2) is 18.2 Å². The topological polar surface area (TPSA) is 55.9 Å². The fourth-order valence-corrected chi connectivity index (χ4v) is 4.55. The number of piperazine rings is 1. The summed E-state index contributed by atoms with van der Waals surface area (Å²) in [6.07, 6.45) is -3.26. The molecule has 2 amide bonds. The lowest BCUT2D eigenvalue weighted by Gasteiger charge is -2.38. The van der Waals surface area contributed by atoms with Crippen molar-refractivity contribution in [2.45, 2.75) is 38.9 Å². The van der Waals surface area contributed by atoms with E-state index >= 15 is 0 Å². The number of nitrogens with one attached hydrogen (secondary N) is 1. The van der Waals surface area contributed by atoms with Gasteiger partial charge in [0, 0.05) is 45.2 Å². The average Bonchev–Trinajstić information content (AvgIpc) is 2.77. The van der Waals surface area contributed by atoms with Gasteiger partial charge >= 0.3 is 6.18 Å². The fourth-order valence-electron chi connectivity index (χ4n) is 4.32. The molecule has 6 nitrogen and oxygen atoms in total. The second kappa shape index (κ2) is 10.5. The molecule has 0 bridgehead atoms. The van der Waals surface area contributed by atoms with Crippen LogP contribution in [0, 0.1) is 11.8 Å². The van der Waals surface area contributed by atoms with E-state index in [1.165, 1.54) is 6.07 Å². The molecule has 33 heavy (non-hydrogen) atoms. The lowest BCUT2D eigenvalue weighted by Crippen LogP contribution is -2.52. The third-order valence-electron chi connectivity index (χ3n) is 6.51. The number of carbonyl (C=O) groups is 2. The SMILES string of the molecule is CC(C)[C@H](Nc1ccc(C(F)(F)F)cc1Cl)C(=O)N1CCC(C(=O)N2CCN(C)CC2)CC1. The molecule has 0 aliphatic carbocycles. The Morgan fingerprint density at radius 1 is 1.03 bits per heavy atom. The van der Waals surface area contributed by atoms with Gasteiger partial charge in [-0.1, -0.05) is 25.4 Å². The van der Waals surface area contributed by atoms with Gasteiger partial charge in [-0.05, 0) is 44.0 Å². The summed E-state index contributed by atoms with van der Waals surface area (Å²) in [5, 5.41) is 2.96. The Bertz CT molecular complexity index is 849. The maximum absolute atomic E-state index is 13.2. The van der Waals surface area contributed by atoms with Crippen molar-refractivity contribution in [3.05, 3.63) is 28.8 Å². The quantitative estimate of drug-likeness (QED) is 0.685. The molecule has 0 spiro atoms. The van der Waals surface area contributed by atoms with E-state index in [0.29, 0.717) is 25.9 Å². The number of carbonyl (C=O) groups excluding carboxylic acids is 2. The van der Waals surface area contributed by atoms with Crippen LogP contribution < -0.4 is 5.32 Å². The minimum atomic E-state index is -4.48. The number of rotatable bonds is 5. The third kappa shape index (κ3) is 6.32. The van der Waals surface area contributed by atoms with E-state index in [1.807, 2.05) is 25.8 Å². The number of hydrogen-bond acceptors (Lipinski definition) is 4. The molecule has 0 aromatic heterocycles. The predicted octanol–water partition coefficient (Wildman–Crippen LogP) is 3.81. The Labute approximate surface area is 198 Å². The fraction of sp³-hybridized carbons (Fsp3) is 0.652. The number of nitrogens with zero attached hydrogens (tertiary/aromatic N) is 3. The molecule has 0 saturated carbocycles. The van der Waals surface area contributed by atoms with Crippen LogP contribution in [0.5, 0.6) is 0 Å². The number of piperidine rings is 1. The van der Waals surface area contributed by atoms with Crippen molar-refractivity contribution in [3.63, 3.8) is 0 Å². The maximum Gasteiger partial charge on any atom is 0.416 e. The first-order chi connectivity index (χ1) is 15.5. The van der Waals surface area contributed by atoms with Gasteiger partial charge in [-0.2, -0.15) is 13.2 Å². The molecule has 0 radical (unpaired) electrons. The number of anilines is 1. The predicted molar refractivity (Wildman–Crippen MR) is 122 cm³/mol. The van der Waals surface area contributed by atoms with E-state index in [4.69, 9.17) is 11.6 Å². The lowest BCUT2D eigenvalue weighted by molar-refractivity contribution is -0.142. The first-order valence-electron chi connectivity index (χ1n) is 11.4. The summed E-state index contributed by atoms with van der Waals surface area (Å²) in [6, 6.07) is 2.44. The summed E-state index contributed by atoms with van der Waals surface area (Å²) in [5.41, 5.74) is -0.547. The third-order valence-corrected chi connectivity index (χ3v) is 6.82. The van der Waals surface area contributed by atoms with Gasteiger partial charge in [0.2, 0.25) is 11.8 Å². The van der Waals surface area contributed by atoms with Crippen molar-refractivity contribution < 1.29 is 22.8 Å². The lowest BCUT2D eigenvalue weighted by atomic mass is 9.93. The highest BCUT2D eigenvalue weighted by Crippen LogP contribution is 2.34. The van der Waals surface area contributed by atoms with Crippen molar-refractivity contribution in [3.8, 4) is 0 Å². The molecule has 184 valence electrons. The van der Waals surface area contributed by atoms with Gasteiger partial charge < -0.3 is 20.0 Å². The standard InChI is InChI=1S/C23H32ClF3N4O2/c1-15(2)20(28-19-5-4-17(14-18(19)24)23(25,26)27)22(33)30-8-6-16(7-9-30)21(32)31-12-10-29(3)11-13-31/h4-5,14-16,20,28H,6-13H2,1-3H3/t20-/m0/s1. The largest absolute Gasteiger partial charge is 0.416 e. The van der Waals surface area contributed by atoms with Gasteiger partial charge in [-0.25, -0.2) is 0 Å². The van der Waals surface area contributed by atoms with E-state index in [-0.39, 0.29) is 34.4 Å². The molecule has 2 aliphatic heterocycles. The highest BCUT2D eigenvalue weighted by atomic mass is 35.5. The average molecular weight is 489 g/mol. The van der Waals surface area contributed by atoms with Crippen LogP contribution in [0.4, 0.5) is 18.9 Å². The molecule has 1 aromatic rings. The monoisotopic (exact) mass is 488 g/mol. The Balaban J connectivity index is 1.60. The van der Waals surface area contributed by atoms with E-state index in [9.17, 15) is 22.8 Å². The van der Waals surface area contributed by atoms with Crippen LogP contribution in [-0.2, 0) is 15.8 Å². The summed E-state index contributed by atoms with van der Waals surface area (Å²) >= 11 is 6.08. The van der Waals surface area contributed by atoms with Crippen molar-refractivity contribution in [1.82, 2.24) is 14.7 Å². The summed E-state index contributed by atoms with van der Waals surface area (Å²) in [6.45, 7) is 7.93. The maximum atomic E-state index is 13.2. The van der Waals surface area contributed by atoms with Crippen LogP contribution in [0.1, 0.15) is 32.3 Å². The zero-order valence-corrected chi connectivity index (χ0v) is 20.0. The molecule has 3 rings (SSSR count). The molecular weight excluding hydrogens is 457 g/mol. The molecule has 0 unspecified atom stereocenters. The van der Waals surface area contributed by atoms with Crippen molar-refractivity contribution >= 4 is 29.1 Å². The molecule has 2 heterocycles. The Morgan fingerprint density at radius 3 is 2.15 bits per heavy atom. The van der Waals surface area contributed by atoms with E-state index in [0.717, 1.165) is 38.3 Å². The van der Waals surface area contributed by atoms with E-state index in [1.54, 1.807) is 4.90 Å². The van der Waals surface area contributed by atoms with Gasteiger partial charge in [0.15, 0.2) is 0 Å². The Kier molecular flexibility index (Phi) is 8.16. The van der Waals surface area contributed by atoms with Crippen LogP contribution in [0.25, 0.3) is 0 Å². The van der Waals surface area contributed by atoms with Crippen molar-refractivity contribution in [1.29, 1.82) is 0 Å². The second-order valence-electron chi connectivity index (χ2n) is 9.29. The molecule has 1 atom stereocenters. The highest BCUT2D eigenvalue weighted by molar-refractivity contribution is 6.33. The zero-order valence-electron chi connectivity index (χ0n) is 19.3. The number of hydrogen-bond donors (Lipinski definition) is 1. The summed E-state index contributed by atoms with van der Waals surface area (Å²) in [7, 11) is 2.04. The molecule has 2 saturated heterocycles. The van der Waals surface area contributed by atoms with E-state index in [2.05, 4.69) is 10.2 Å².